The van der Waals surface area contributed by atoms with Crippen LogP contribution < -0.4 is 10.6 Å². The third-order valence-corrected chi connectivity index (χ3v) is 5.32. The van der Waals surface area contributed by atoms with E-state index < -0.39 is 0 Å². The molecule has 0 bridgehead atoms. The lowest BCUT2D eigenvalue weighted by molar-refractivity contribution is -0.120. The van der Waals surface area contributed by atoms with Crippen LogP contribution in [-0.4, -0.2) is 34.8 Å². The summed E-state index contributed by atoms with van der Waals surface area (Å²) in [6.07, 6.45) is 6.18. The smallest absolute Gasteiger partial charge is 0.233 e. The quantitative estimate of drug-likeness (QED) is 0.776. The Hall–Kier alpha value is -2.14. The molecule has 5 nitrogen and oxygen atoms in total. The van der Waals surface area contributed by atoms with Crippen molar-refractivity contribution in [3.8, 4) is 0 Å². The van der Waals surface area contributed by atoms with Crippen LogP contribution in [0, 0.1) is 6.92 Å². The van der Waals surface area contributed by atoms with Crippen molar-refractivity contribution < 1.29 is 4.79 Å². The number of carbonyl (C=O) groups excluding carboxylic acids is 1. The lowest BCUT2D eigenvalue weighted by Crippen LogP contribution is -2.43. The van der Waals surface area contributed by atoms with Crippen molar-refractivity contribution >= 4 is 5.91 Å². The van der Waals surface area contributed by atoms with Crippen LogP contribution >= 0.6 is 0 Å². The van der Waals surface area contributed by atoms with Crippen LogP contribution in [0.3, 0.4) is 0 Å². The molecule has 1 aliphatic carbocycles. The van der Waals surface area contributed by atoms with Crippen molar-refractivity contribution in [2.45, 2.75) is 51.1 Å². The van der Waals surface area contributed by atoms with Crippen molar-refractivity contribution in [3.05, 3.63) is 53.9 Å². The molecule has 2 aromatic rings. The Morgan fingerprint density at radius 3 is 2.60 bits per heavy atom. The van der Waals surface area contributed by atoms with E-state index in [-0.39, 0.29) is 23.4 Å². The van der Waals surface area contributed by atoms with E-state index >= 15 is 0 Å². The number of rotatable bonds is 8. The summed E-state index contributed by atoms with van der Waals surface area (Å²) in [5.74, 6) is 0.0536. The monoisotopic (exact) mass is 340 g/mol. The van der Waals surface area contributed by atoms with Gasteiger partial charge in [0, 0.05) is 24.2 Å². The zero-order valence-corrected chi connectivity index (χ0v) is 15.3. The molecule has 1 fully saturated rings. The minimum absolute atomic E-state index is 0.0536. The maximum absolute atomic E-state index is 12.2. The highest BCUT2D eigenvalue weighted by Crippen LogP contribution is 2.47. The second-order valence-corrected chi connectivity index (χ2v) is 7.33. The van der Waals surface area contributed by atoms with Gasteiger partial charge in [-0.3, -0.25) is 9.48 Å². The molecule has 3 rings (SSSR count). The zero-order valence-electron chi connectivity index (χ0n) is 15.3. The van der Waals surface area contributed by atoms with E-state index in [4.69, 9.17) is 0 Å². The number of amides is 1. The van der Waals surface area contributed by atoms with E-state index in [0.717, 1.165) is 24.9 Å². The van der Waals surface area contributed by atoms with Gasteiger partial charge in [0.05, 0.1) is 18.8 Å². The van der Waals surface area contributed by atoms with Gasteiger partial charge in [-0.05, 0) is 44.7 Å². The number of benzene rings is 1. The third-order valence-electron chi connectivity index (χ3n) is 5.32. The summed E-state index contributed by atoms with van der Waals surface area (Å²) in [6.45, 7) is 7.27. The van der Waals surface area contributed by atoms with E-state index in [1.807, 2.05) is 30.1 Å². The van der Waals surface area contributed by atoms with Gasteiger partial charge in [-0.25, -0.2) is 0 Å². The number of carbonyl (C=O) groups is 1. The van der Waals surface area contributed by atoms with Crippen molar-refractivity contribution in [2.24, 2.45) is 0 Å². The number of hydrogen-bond acceptors (Lipinski definition) is 3. The zero-order chi connectivity index (χ0) is 17.9. The Balaban J connectivity index is 1.44. The standard InChI is InChI=1S/C20H28N4O/c1-15-11-23-24(13-15)17(3)16(2)21-12-19(25)22-14-20(9-10-20)18-7-5-4-6-8-18/h4-8,11,13,16-17,21H,9-10,12,14H2,1-3H3,(H,22,25). The first kappa shape index (κ1) is 17.7. The predicted molar refractivity (Wildman–Crippen MR) is 99.5 cm³/mol. The normalized spacial score (nSPS) is 17.7. The highest BCUT2D eigenvalue weighted by Gasteiger charge is 2.44. The van der Waals surface area contributed by atoms with E-state index in [1.54, 1.807) is 0 Å². The topological polar surface area (TPSA) is 59.0 Å². The molecule has 1 aromatic carbocycles. The lowest BCUT2D eigenvalue weighted by Gasteiger charge is -2.22. The summed E-state index contributed by atoms with van der Waals surface area (Å²) in [4.78, 5) is 12.2. The molecule has 0 saturated heterocycles. The third kappa shape index (κ3) is 4.28. The summed E-state index contributed by atoms with van der Waals surface area (Å²) in [5.41, 5.74) is 2.63. The molecule has 2 atom stereocenters. The number of aryl methyl sites for hydroxylation is 1. The minimum Gasteiger partial charge on any atom is -0.354 e. The van der Waals surface area contributed by atoms with Gasteiger partial charge in [0.2, 0.25) is 5.91 Å². The molecule has 25 heavy (non-hydrogen) atoms. The molecular weight excluding hydrogens is 312 g/mol. The first-order valence-corrected chi connectivity index (χ1v) is 9.06. The van der Waals surface area contributed by atoms with Gasteiger partial charge in [-0.15, -0.1) is 0 Å². The van der Waals surface area contributed by atoms with Crippen LogP contribution in [-0.2, 0) is 10.2 Å². The molecule has 0 aliphatic heterocycles. The van der Waals surface area contributed by atoms with Gasteiger partial charge in [0.1, 0.15) is 0 Å². The van der Waals surface area contributed by atoms with Crippen LogP contribution in [0.4, 0.5) is 0 Å². The Bertz CT molecular complexity index is 705. The summed E-state index contributed by atoms with van der Waals surface area (Å²) in [7, 11) is 0. The minimum atomic E-state index is 0.0536. The van der Waals surface area contributed by atoms with Gasteiger partial charge >= 0.3 is 0 Å². The molecule has 1 aromatic heterocycles. The van der Waals surface area contributed by atoms with Gasteiger partial charge in [0.25, 0.3) is 0 Å². The van der Waals surface area contributed by atoms with Gasteiger partial charge < -0.3 is 10.6 Å². The number of nitrogens with one attached hydrogen (secondary N) is 2. The Kier molecular flexibility index (Phi) is 5.23. The molecule has 5 heteroatoms. The molecule has 1 saturated carbocycles. The van der Waals surface area contributed by atoms with Crippen molar-refractivity contribution in [2.75, 3.05) is 13.1 Å². The van der Waals surface area contributed by atoms with E-state index in [9.17, 15) is 4.79 Å². The molecule has 1 amide bonds. The number of aromatic nitrogens is 2. The fraction of sp³-hybridized carbons (Fsp3) is 0.500. The summed E-state index contributed by atoms with van der Waals surface area (Å²) in [5, 5.41) is 10.8. The maximum atomic E-state index is 12.2. The van der Waals surface area contributed by atoms with Crippen LogP contribution in [0.15, 0.2) is 42.7 Å². The summed E-state index contributed by atoms with van der Waals surface area (Å²) < 4.78 is 1.94. The fourth-order valence-corrected chi connectivity index (χ4v) is 3.15. The molecule has 1 heterocycles. The average Bonchev–Trinajstić information content (AvgIpc) is 3.31. The van der Waals surface area contributed by atoms with Crippen LogP contribution in [0.1, 0.15) is 43.9 Å². The molecule has 2 unspecified atom stereocenters. The SMILES string of the molecule is Cc1cnn(C(C)C(C)NCC(=O)NCC2(c3ccccc3)CC2)c1. The second-order valence-electron chi connectivity index (χ2n) is 7.33. The van der Waals surface area contributed by atoms with E-state index in [1.165, 1.54) is 5.56 Å². The second kappa shape index (κ2) is 7.40. The summed E-state index contributed by atoms with van der Waals surface area (Å²) >= 11 is 0. The molecule has 1 aliphatic rings. The summed E-state index contributed by atoms with van der Waals surface area (Å²) in [6, 6.07) is 10.8. The predicted octanol–water partition coefficient (Wildman–Crippen LogP) is 2.58. The van der Waals surface area contributed by atoms with Crippen molar-refractivity contribution in [3.63, 3.8) is 0 Å². The van der Waals surface area contributed by atoms with Gasteiger partial charge in [0.15, 0.2) is 0 Å². The largest absolute Gasteiger partial charge is 0.354 e. The Morgan fingerprint density at radius 2 is 2.00 bits per heavy atom. The Labute approximate surface area is 149 Å². The average molecular weight is 340 g/mol. The molecule has 134 valence electrons. The van der Waals surface area contributed by atoms with E-state index in [2.05, 4.69) is 53.8 Å². The van der Waals surface area contributed by atoms with Gasteiger partial charge in [-0.2, -0.15) is 5.10 Å². The van der Waals surface area contributed by atoms with Crippen LogP contribution in [0.2, 0.25) is 0 Å². The van der Waals surface area contributed by atoms with Crippen LogP contribution in [0.5, 0.6) is 0 Å². The molecule has 0 radical (unpaired) electrons. The van der Waals surface area contributed by atoms with Crippen molar-refractivity contribution in [1.82, 2.24) is 20.4 Å². The highest BCUT2D eigenvalue weighted by atomic mass is 16.1. The van der Waals surface area contributed by atoms with Crippen molar-refractivity contribution in [1.29, 1.82) is 0 Å². The number of nitrogens with zero attached hydrogens (tertiary/aromatic N) is 2. The Morgan fingerprint density at radius 1 is 1.28 bits per heavy atom. The molecule has 2 N–H and O–H groups in total. The first-order chi connectivity index (χ1) is 12.0. The van der Waals surface area contributed by atoms with Gasteiger partial charge in [-0.1, -0.05) is 30.3 Å². The fourth-order valence-electron chi connectivity index (χ4n) is 3.15. The number of hydrogen-bond donors (Lipinski definition) is 2. The van der Waals surface area contributed by atoms with E-state index in [0.29, 0.717) is 6.54 Å². The molecular formula is C20H28N4O. The molecule has 0 spiro atoms. The maximum Gasteiger partial charge on any atom is 0.233 e. The highest BCUT2D eigenvalue weighted by molar-refractivity contribution is 5.78. The first-order valence-electron chi connectivity index (χ1n) is 9.06. The van der Waals surface area contributed by atoms with Crippen LogP contribution in [0.25, 0.3) is 0 Å². The lowest BCUT2D eigenvalue weighted by atomic mass is 9.96.